The number of amides is 1. The Morgan fingerprint density at radius 3 is 2.22 bits per heavy atom. The van der Waals surface area contributed by atoms with Crippen LogP contribution in [0.15, 0.2) is 95.9 Å². The summed E-state index contributed by atoms with van der Waals surface area (Å²) in [6, 6.07) is 29.6. The highest BCUT2D eigenvalue weighted by atomic mass is 32.2. The Labute approximate surface area is 267 Å². The van der Waals surface area contributed by atoms with Crippen molar-refractivity contribution >= 4 is 38.3 Å². The first-order valence-corrected chi connectivity index (χ1v) is 17.0. The van der Waals surface area contributed by atoms with E-state index in [-0.39, 0.29) is 10.8 Å². The van der Waals surface area contributed by atoms with Crippen molar-refractivity contribution in [1.82, 2.24) is 4.98 Å². The largest absolute Gasteiger partial charge is 0.370 e. The Morgan fingerprint density at radius 2 is 1.56 bits per heavy atom. The minimum Gasteiger partial charge on any atom is -0.370 e. The second-order valence-electron chi connectivity index (χ2n) is 11.3. The molecule has 0 saturated heterocycles. The molecule has 1 aliphatic heterocycles. The van der Waals surface area contributed by atoms with Crippen molar-refractivity contribution in [2.24, 2.45) is 0 Å². The molecule has 8 heteroatoms. The minimum atomic E-state index is -4.06. The van der Waals surface area contributed by atoms with Crippen LogP contribution in [0.2, 0.25) is 0 Å². The van der Waals surface area contributed by atoms with Gasteiger partial charge in [0.05, 0.1) is 21.8 Å². The lowest BCUT2D eigenvalue weighted by atomic mass is 10.1. The maximum absolute atomic E-state index is 12.6. The lowest BCUT2D eigenvalue weighted by molar-refractivity contribution is -0.116. The maximum Gasteiger partial charge on any atom is 0.294 e. The molecule has 0 fully saturated rings. The Balaban J connectivity index is 0.000000323. The average Bonchev–Trinajstić information content (AvgIpc) is 3.23. The zero-order valence-corrected chi connectivity index (χ0v) is 27.4. The number of nitrogens with one attached hydrogen (secondary N) is 1. The maximum atomic E-state index is 12.6. The molecule has 0 saturated carbocycles. The number of fused-ring (bicyclic) bond motifs is 3. The molecule has 3 aromatic carbocycles. The summed E-state index contributed by atoms with van der Waals surface area (Å²) in [4.78, 5) is 20.0. The van der Waals surface area contributed by atoms with Crippen LogP contribution in [0.3, 0.4) is 0 Å². The first kappa shape index (κ1) is 33.6. The number of hydrogen-bond donors (Lipinski definition) is 2. The summed E-state index contributed by atoms with van der Waals surface area (Å²) in [6.45, 7) is 9.93. The summed E-state index contributed by atoms with van der Waals surface area (Å²) in [6.07, 6.45) is 4.45. The van der Waals surface area contributed by atoms with Gasteiger partial charge in [-0.15, -0.1) is 0 Å². The van der Waals surface area contributed by atoms with Gasteiger partial charge in [-0.25, -0.2) is 4.98 Å². The Morgan fingerprint density at radius 1 is 0.867 bits per heavy atom. The van der Waals surface area contributed by atoms with Crippen LogP contribution >= 0.6 is 0 Å². The van der Waals surface area contributed by atoms with E-state index in [0.29, 0.717) is 12.0 Å². The van der Waals surface area contributed by atoms with Crippen molar-refractivity contribution in [1.29, 1.82) is 0 Å². The third-order valence-corrected chi connectivity index (χ3v) is 8.80. The highest BCUT2D eigenvalue weighted by Crippen LogP contribution is 2.36. The number of benzene rings is 3. The van der Waals surface area contributed by atoms with E-state index in [1.165, 1.54) is 17.3 Å². The first-order chi connectivity index (χ1) is 21.6. The van der Waals surface area contributed by atoms with E-state index in [0.717, 1.165) is 72.2 Å². The van der Waals surface area contributed by atoms with Crippen molar-refractivity contribution in [2.45, 2.75) is 64.7 Å². The molecule has 2 aliphatic rings. The van der Waals surface area contributed by atoms with Crippen molar-refractivity contribution in [3.8, 4) is 11.3 Å². The normalized spacial score (nSPS) is 11.2. The second kappa shape index (κ2) is 15.6. The summed E-state index contributed by atoms with van der Waals surface area (Å²) in [5, 5.41) is 4.24. The van der Waals surface area contributed by atoms with Gasteiger partial charge >= 0.3 is 0 Å². The number of aryl methyl sites for hydroxylation is 2. The summed E-state index contributed by atoms with van der Waals surface area (Å²) >= 11 is 0. The fourth-order valence-electron chi connectivity index (χ4n) is 5.46. The van der Waals surface area contributed by atoms with Crippen molar-refractivity contribution in [3.05, 3.63) is 108 Å². The van der Waals surface area contributed by atoms with E-state index in [2.05, 4.69) is 60.5 Å². The highest BCUT2D eigenvalue weighted by molar-refractivity contribution is 7.85. The van der Waals surface area contributed by atoms with Gasteiger partial charge in [-0.1, -0.05) is 80.6 Å². The van der Waals surface area contributed by atoms with Gasteiger partial charge in [0.15, 0.2) is 0 Å². The van der Waals surface area contributed by atoms with E-state index in [4.69, 9.17) is 9.54 Å². The molecular weight excluding hydrogens is 582 g/mol. The topological polar surface area (TPSA) is 99.6 Å². The van der Waals surface area contributed by atoms with E-state index >= 15 is 0 Å². The number of para-hydroxylation sites is 1. The number of hydrogen-bond acceptors (Lipinski definition) is 5. The smallest absolute Gasteiger partial charge is 0.294 e. The molecule has 0 unspecified atom stereocenters. The first-order valence-electron chi connectivity index (χ1n) is 15.6. The van der Waals surface area contributed by atoms with Crippen LogP contribution in [0.25, 0.3) is 22.2 Å². The number of carbonyl (C=O) groups is 1. The fraction of sp³-hybridized carbons (Fsp3) is 0.297. The van der Waals surface area contributed by atoms with Crippen LogP contribution in [0.1, 0.15) is 56.2 Å². The van der Waals surface area contributed by atoms with Crippen molar-refractivity contribution in [3.63, 3.8) is 0 Å². The van der Waals surface area contributed by atoms with Gasteiger partial charge in [0, 0.05) is 36.1 Å². The third kappa shape index (κ3) is 8.90. The molecule has 45 heavy (non-hydrogen) atoms. The molecule has 7 nitrogen and oxygen atoms in total. The lowest BCUT2D eigenvalue weighted by Gasteiger charge is -2.24. The van der Waals surface area contributed by atoms with E-state index in [9.17, 15) is 13.2 Å². The minimum absolute atomic E-state index is 0.0116. The molecular formula is C37H43N3O4S. The lowest BCUT2D eigenvalue weighted by Crippen LogP contribution is -2.25. The zero-order chi connectivity index (χ0) is 32.4. The zero-order valence-electron chi connectivity index (χ0n) is 26.6. The predicted octanol–water partition coefficient (Wildman–Crippen LogP) is 8.48. The highest BCUT2D eigenvalue weighted by Gasteiger charge is 2.17. The van der Waals surface area contributed by atoms with Gasteiger partial charge in [-0.3, -0.25) is 9.35 Å². The van der Waals surface area contributed by atoms with Gasteiger partial charge < -0.3 is 10.2 Å². The van der Waals surface area contributed by atoms with Crippen LogP contribution in [0.5, 0.6) is 0 Å². The number of rotatable bonds is 11. The molecule has 0 spiro atoms. The number of anilines is 2. The van der Waals surface area contributed by atoms with E-state index in [1.54, 1.807) is 26.0 Å². The predicted molar refractivity (Wildman–Crippen MR) is 185 cm³/mol. The van der Waals surface area contributed by atoms with Gasteiger partial charge in [0.2, 0.25) is 5.91 Å². The molecule has 3 aromatic rings. The fourth-order valence-corrected chi connectivity index (χ4v) is 6.26. The van der Waals surface area contributed by atoms with Crippen LogP contribution in [-0.4, -0.2) is 37.0 Å². The van der Waals surface area contributed by atoms with Crippen LogP contribution in [-0.2, 0) is 21.3 Å². The van der Waals surface area contributed by atoms with Gasteiger partial charge in [0.1, 0.15) is 0 Å². The van der Waals surface area contributed by atoms with Gasteiger partial charge in [-0.05, 0) is 80.5 Å². The van der Waals surface area contributed by atoms with Crippen molar-refractivity contribution < 1.29 is 17.8 Å². The van der Waals surface area contributed by atoms with Crippen LogP contribution in [0.4, 0.5) is 11.4 Å². The number of aromatic nitrogens is 1. The molecule has 2 N–H and O–H groups in total. The van der Waals surface area contributed by atoms with Gasteiger partial charge in [0.25, 0.3) is 10.1 Å². The molecule has 0 radical (unpaired) electrons. The van der Waals surface area contributed by atoms with Crippen molar-refractivity contribution in [2.75, 3.05) is 23.3 Å². The molecule has 236 valence electrons. The Kier molecular flexibility index (Phi) is 11.7. The summed E-state index contributed by atoms with van der Waals surface area (Å²) in [5.41, 5.74) is 7.77. The van der Waals surface area contributed by atoms with Crippen LogP contribution < -0.4 is 10.2 Å². The molecule has 1 heterocycles. The average molecular weight is 626 g/mol. The Hall–Kier alpha value is -4.27. The SMILES string of the molecule is CCCN(CCC)c1cccc2c3cccc(NC(=O)CCCc4ccccc4)cc-3nc12.Cc1cccc(S(=O)(=O)O)c1C. The molecule has 0 atom stereocenters. The van der Waals surface area contributed by atoms with E-state index < -0.39 is 10.1 Å². The molecule has 1 aliphatic carbocycles. The molecule has 0 bridgehead atoms. The summed E-state index contributed by atoms with van der Waals surface area (Å²) in [7, 11) is -4.06. The van der Waals surface area contributed by atoms with Crippen LogP contribution in [0, 0.1) is 13.8 Å². The molecule has 1 amide bonds. The third-order valence-electron chi connectivity index (χ3n) is 7.80. The molecule has 0 aromatic heterocycles. The van der Waals surface area contributed by atoms with Gasteiger partial charge in [-0.2, -0.15) is 8.42 Å². The number of carbonyl (C=O) groups excluding carboxylic acids is 1. The quantitative estimate of drug-likeness (QED) is 0.143. The second-order valence-corrected chi connectivity index (χ2v) is 12.6. The van der Waals surface area contributed by atoms with E-state index in [1.807, 2.05) is 36.4 Å². The monoisotopic (exact) mass is 625 g/mol. The number of nitrogens with zero attached hydrogens (tertiary/aromatic N) is 2. The standard InChI is InChI=1S/C29H33N3O.C8H10O3S/c1-3-19-32(20-4-2)27-17-10-16-25-24-15-9-14-23(21-26(24)31-29(25)27)30-28(33)18-8-13-22-11-6-5-7-12-22;1-6-4-3-5-8(7(6)2)12(9,10)11/h5-7,9-12,14-17,21H,3-4,8,13,18-20H2,1-2H3,(H,30,33);3-5H,1-2H3,(H,9,10,11). The molecule has 5 rings (SSSR count). The Bertz CT molecular complexity index is 1800. The summed E-state index contributed by atoms with van der Waals surface area (Å²) < 4.78 is 30.3. The summed E-state index contributed by atoms with van der Waals surface area (Å²) in [5.74, 6) is 0.0409.